The van der Waals surface area contributed by atoms with Crippen LogP contribution in [0.1, 0.15) is 76.8 Å². The lowest BCUT2D eigenvalue weighted by Crippen LogP contribution is -2.31. The van der Waals surface area contributed by atoms with E-state index in [4.69, 9.17) is 27.9 Å². The van der Waals surface area contributed by atoms with Crippen molar-refractivity contribution in [3.63, 3.8) is 0 Å². The summed E-state index contributed by atoms with van der Waals surface area (Å²) in [5.41, 5.74) is 1.91. The first-order valence-electron chi connectivity index (χ1n) is 10.6. The summed E-state index contributed by atoms with van der Waals surface area (Å²) in [6.45, 7) is 14.2. The summed E-state index contributed by atoms with van der Waals surface area (Å²) in [7, 11) is 0. The summed E-state index contributed by atoms with van der Waals surface area (Å²) < 4.78 is 5.33. The number of phenolic OH excluding ortho intramolecular Hbond substituents is 2. The van der Waals surface area contributed by atoms with E-state index in [0.29, 0.717) is 16.1 Å². The van der Waals surface area contributed by atoms with Gasteiger partial charge in [0.1, 0.15) is 17.5 Å². The van der Waals surface area contributed by atoms with Gasteiger partial charge in [0.2, 0.25) is 0 Å². The fraction of sp³-hybridized carbons (Fsp3) is 0.480. The number of phenols is 2. The van der Waals surface area contributed by atoms with Crippen LogP contribution in [0.4, 0.5) is 0 Å². The second-order valence-electron chi connectivity index (χ2n) is 9.93. The molecule has 0 aliphatic carbocycles. The number of carbonyl (C=O) groups is 1. The summed E-state index contributed by atoms with van der Waals surface area (Å²) in [6, 6.07) is 5.90. The molecule has 0 spiro atoms. The van der Waals surface area contributed by atoms with Crippen LogP contribution in [0.3, 0.4) is 0 Å². The highest BCUT2D eigenvalue weighted by Gasteiger charge is 2.30. The van der Waals surface area contributed by atoms with Crippen molar-refractivity contribution in [2.45, 2.75) is 71.9 Å². The van der Waals surface area contributed by atoms with E-state index < -0.39 is 12.0 Å². The number of ether oxygens (including phenoxy) is 1. The zero-order chi connectivity index (χ0) is 24.4. The summed E-state index contributed by atoms with van der Waals surface area (Å²) >= 11 is 12.1. The Labute approximate surface area is 200 Å². The average molecular weight is 482 g/mol. The molecule has 0 heterocycles. The second kappa shape index (κ2) is 9.90. The topological polar surface area (TPSA) is 78.8 Å². The smallest absolute Gasteiger partial charge is 0.327 e. The van der Waals surface area contributed by atoms with Crippen molar-refractivity contribution in [2.24, 2.45) is 0 Å². The minimum Gasteiger partial charge on any atom is -0.507 e. The lowest BCUT2D eigenvalue weighted by molar-refractivity contribution is -0.145. The second-order valence-corrected chi connectivity index (χ2v) is 10.8. The highest BCUT2D eigenvalue weighted by atomic mass is 35.5. The minimum absolute atomic E-state index is 0.0948. The predicted molar refractivity (Wildman–Crippen MR) is 130 cm³/mol. The van der Waals surface area contributed by atoms with Gasteiger partial charge in [-0.1, -0.05) is 64.7 Å². The van der Waals surface area contributed by atoms with Gasteiger partial charge in [0, 0.05) is 17.1 Å². The fourth-order valence-electron chi connectivity index (χ4n) is 3.50. The number of rotatable bonds is 6. The molecule has 3 N–H and O–H groups in total. The van der Waals surface area contributed by atoms with Gasteiger partial charge in [0.25, 0.3) is 0 Å². The first kappa shape index (κ1) is 26.3. The number of nitrogens with one attached hydrogen (secondary N) is 1. The molecule has 1 atom stereocenters. The van der Waals surface area contributed by atoms with E-state index in [1.54, 1.807) is 13.0 Å². The Bertz CT molecular complexity index is 956. The van der Waals surface area contributed by atoms with Gasteiger partial charge in [-0.25, -0.2) is 4.79 Å². The quantitative estimate of drug-likeness (QED) is 0.416. The van der Waals surface area contributed by atoms with Crippen molar-refractivity contribution in [1.82, 2.24) is 5.32 Å². The van der Waals surface area contributed by atoms with Gasteiger partial charge < -0.3 is 14.9 Å². The molecule has 7 heteroatoms. The number of benzene rings is 2. The molecule has 0 bridgehead atoms. The Kier molecular flexibility index (Phi) is 8.14. The lowest BCUT2D eigenvalue weighted by Gasteiger charge is -2.30. The molecular formula is C25H33Cl2NO4. The van der Waals surface area contributed by atoms with Gasteiger partial charge in [-0.2, -0.15) is 0 Å². The summed E-state index contributed by atoms with van der Waals surface area (Å²) in [6.07, 6.45) is 0. The zero-order valence-electron chi connectivity index (χ0n) is 19.8. The molecule has 5 nitrogen and oxygen atoms in total. The van der Waals surface area contributed by atoms with Crippen LogP contribution in [-0.2, 0) is 26.9 Å². The van der Waals surface area contributed by atoms with Gasteiger partial charge in [-0.05, 0) is 58.7 Å². The van der Waals surface area contributed by atoms with Crippen molar-refractivity contribution in [3.05, 3.63) is 56.6 Å². The van der Waals surface area contributed by atoms with Gasteiger partial charge in [0.15, 0.2) is 0 Å². The number of esters is 1. The van der Waals surface area contributed by atoms with Crippen molar-refractivity contribution in [3.8, 4) is 11.5 Å². The van der Waals surface area contributed by atoms with Crippen molar-refractivity contribution < 1.29 is 19.7 Å². The van der Waals surface area contributed by atoms with Gasteiger partial charge >= 0.3 is 5.97 Å². The van der Waals surface area contributed by atoms with Gasteiger partial charge in [-0.15, -0.1) is 0 Å². The molecule has 2 aromatic rings. The molecular weight excluding hydrogens is 449 g/mol. The monoisotopic (exact) mass is 481 g/mol. The van der Waals surface area contributed by atoms with Crippen molar-refractivity contribution in [2.75, 3.05) is 6.61 Å². The molecule has 0 aliphatic rings. The molecule has 0 aromatic heterocycles. The van der Waals surface area contributed by atoms with E-state index in [-0.39, 0.29) is 40.5 Å². The Morgan fingerprint density at radius 3 is 1.97 bits per heavy atom. The molecule has 176 valence electrons. The highest BCUT2D eigenvalue weighted by molar-refractivity contribution is 6.35. The lowest BCUT2D eigenvalue weighted by atomic mass is 9.77. The van der Waals surface area contributed by atoms with Crippen molar-refractivity contribution in [1.29, 1.82) is 0 Å². The largest absolute Gasteiger partial charge is 0.507 e. The van der Waals surface area contributed by atoms with Crippen LogP contribution in [0.5, 0.6) is 11.5 Å². The summed E-state index contributed by atoms with van der Waals surface area (Å²) in [5.74, 6) is -0.316. The molecule has 0 radical (unpaired) electrons. The van der Waals surface area contributed by atoms with Crippen LogP contribution < -0.4 is 5.32 Å². The number of carbonyl (C=O) groups excluding carboxylic acids is 1. The standard InChI is InChI=1S/C25H33Cl2NO4/c1-8-32-23(31)20(28-13-15-9-16(26)12-19(27)21(15)29)14-10-17(24(2,3)4)22(30)18(11-14)25(5,6)7/h9-12,20,28-30H,8,13H2,1-7H3. The molecule has 2 aromatic carbocycles. The molecule has 1 unspecified atom stereocenters. The molecule has 32 heavy (non-hydrogen) atoms. The fourth-order valence-corrected chi connectivity index (χ4v) is 4.03. The Balaban J connectivity index is 2.59. The van der Waals surface area contributed by atoms with E-state index in [0.717, 1.165) is 11.1 Å². The number of hydrogen-bond donors (Lipinski definition) is 3. The Hall–Kier alpha value is -1.95. The SMILES string of the molecule is CCOC(=O)C(NCc1cc(Cl)cc(Cl)c1O)c1cc(C(C)(C)C)c(O)c(C(C)(C)C)c1. The molecule has 0 aliphatic heterocycles. The van der Waals surface area contributed by atoms with Crippen LogP contribution >= 0.6 is 23.2 Å². The van der Waals surface area contributed by atoms with Crippen LogP contribution in [0.15, 0.2) is 24.3 Å². The predicted octanol–water partition coefficient (Wildman–Crippen LogP) is 6.39. The number of hydrogen-bond acceptors (Lipinski definition) is 5. The van der Waals surface area contributed by atoms with E-state index in [1.807, 2.05) is 53.7 Å². The van der Waals surface area contributed by atoms with E-state index in [1.165, 1.54) is 6.07 Å². The van der Waals surface area contributed by atoms with Gasteiger partial charge in [0.05, 0.1) is 11.6 Å². The summed E-state index contributed by atoms with van der Waals surface area (Å²) in [4.78, 5) is 12.9. The minimum atomic E-state index is -0.824. The molecule has 2 rings (SSSR count). The van der Waals surface area contributed by atoms with Crippen molar-refractivity contribution >= 4 is 29.2 Å². The van der Waals surface area contributed by atoms with Gasteiger partial charge in [-0.3, -0.25) is 5.32 Å². The van der Waals surface area contributed by atoms with Crippen LogP contribution in [0.2, 0.25) is 10.0 Å². The third kappa shape index (κ3) is 6.09. The molecule has 0 saturated carbocycles. The highest BCUT2D eigenvalue weighted by Crippen LogP contribution is 2.41. The van der Waals surface area contributed by atoms with Crippen LogP contribution in [0, 0.1) is 0 Å². The number of aromatic hydroxyl groups is 2. The maximum atomic E-state index is 12.9. The normalized spacial score (nSPS) is 13.2. The first-order valence-corrected chi connectivity index (χ1v) is 11.4. The maximum Gasteiger partial charge on any atom is 0.327 e. The molecule has 0 amide bonds. The summed E-state index contributed by atoms with van der Waals surface area (Å²) in [5, 5.41) is 25.0. The Morgan fingerprint density at radius 1 is 0.969 bits per heavy atom. The Morgan fingerprint density at radius 2 is 1.50 bits per heavy atom. The molecule has 0 fully saturated rings. The zero-order valence-corrected chi connectivity index (χ0v) is 21.3. The van der Waals surface area contributed by atoms with E-state index in [2.05, 4.69) is 5.32 Å². The van der Waals surface area contributed by atoms with Crippen LogP contribution in [-0.4, -0.2) is 22.8 Å². The molecule has 0 saturated heterocycles. The van der Waals surface area contributed by atoms with E-state index in [9.17, 15) is 15.0 Å². The maximum absolute atomic E-state index is 12.9. The number of halogens is 2. The van der Waals surface area contributed by atoms with Crippen LogP contribution in [0.25, 0.3) is 0 Å². The van der Waals surface area contributed by atoms with E-state index >= 15 is 0 Å². The third-order valence-electron chi connectivity index (χ3n) is 5.21. The third-order valence-corrected chi connectivity index (χ3v) is 5.71. The average Bonchev–Trinajstić information content (AvgIpc) is 2.64. The first-order chi connectivity index (χ1) is 14.7.